The lowest BCUT2D eigenvalue weighted by atomic mass is 10.2. The van der Waals surface area contributed by atoms with Crippen LogP contribution < -0.4 is 11.1 Å². The van der Waals surface area contributed by atoms with E-state index in [0.717, 1.165) is 5.56 Å². The summed E-state index contributed by atoms with van der Waals surface area (Å²) in [5.41, 5.74) is 7.18. The van der Waals surface area contributed by atoms with Crippen LogP contribution in [0.3, 0.4) is 0 Å². The maximum Gasteiger partial charge on any atom is 0.194 e. The smallest absolute Gasteiger partial charge is 0.194 e. The SMILES string of the molecule is CC(C)C(NCCCN(O)Cc1ccccc1)S(=O)(=O)c1cccc(N)c1. The number of nitrogens with zero attached hydrogens (tertiary/aromatic N) is 1. The summed E-state index contributed by atoms with van der Waals surface area (Å²) in [5.74, 6) is -0.106. The Balaban J connectivity index is 1.89. The van der Waals surface area contributed by atoms with Crippen molar-refractivity contribution in [1.82, 2.24) is 10.4 Å². The Morgan fingerprint density at radius 1 is 1.11 bits per heavy atom. The van der Waals surface area contributed by atoms with E-state index in [1.807, 2.05) is 44.2 Å². The van der Waals surface area contributed by atoms with Gasteiger partial charge in [-0.25, -0.2) is 8.42 Å². The fourth-order valence-electron chi connectivity index (χ4n) is 2.92. The van der Waals surface area contributed by atoms with Gasteiger partial charge in [-0.3, -0.25) is 0 Å². The molecule has 27 heavy (non-hydrogen) atoms. The lowest BCUT2D eigenvalue weighted by Crippen LogP contribution is -2.42. The molecular formula is C20H29N3O3S. The average Bonchev–Trinajstić information content (AvgIpc) is 2.62. The summed E-state index contributed by atoms with van der Waals surface area (Å²) in [6.45, 7) is 5.11. The second-order valence-corrected chi connectivity index (χ2v) is 9.03. The Labute approximate surface area is 161 Å². The first-order valence-electron chi connectivity index (χ1n) is 9.11. The zero-order valence-corrected chi connectivity index (χ0v) is 16.7. The summed E-state index contributed by atoms with van der Waals surface area (Å²) in [5, 5.41) is 13.7. The summed E-state index contributed by atoms with van der Waals surface area (Å²) in [6, 6.07) is 16.1. The van der Waals surface area contributed by atoms with Gasteiger partial charge in [0, 0.05) is 18.8 Å². The van der Waals surface area contributed by atoms with Crippen LogP contribution in [0.1, 0.15) is 25.8 Å². The van der Waals surface area contributed by atoms with Gasteiger partial charge in [0.2, 0.25) is 0 Å². The highest BCUT2D eigenvalue weighted by molar-refractivity contribution is 7.92. The van der Waals surface area contributed by atoms with Crippen LogP contribution in [0.5, 0.6) is 0 Å². The van der Waals surface area contributed by atoms with Crippen molar-refractivity contribution in [2.24, 2.45) is 5.92 Å². The van der Waals surface area contributed by atoms with Gasteiger partial charge in [-0.05, 0) is 42.6 Å². The molecule has 0 aromatic heterocycles. The van der Waals surface area contributed by atoms with Crippen LogP contribution in [0.25, 0.3) is 0 Å². The molecule has 2 aromatic rings. The van der Waals surface area contributed by atoms with Crippen molar-refractivity contribution in [3.8, 4) is 0 Å². The van der Waals surface area contributed by atoms with Crippen LogP contribution in [0.2, 0.25) is 0 Å². The number of nitrogens with one attached hydrogen (secondary N) is 1. The number of nitrogen functional groups attached to an aromatic ring is 1. The Hall–Kier alpha value is -1.93. The quantitative estimate of drug-likeness (QED) is 0.327. The van der Waals surface area contributed by atoms with Gasteiger partial charge in [0.15, 0.2) is 9.84 Å². The third-order valence-corrected chi connectivity index (χ3v) is 6.56. The van der Waals surface area contributed by atoms with Gasteiger partial charge in [-0.1, -0.05) is 50.2 Å². The number of rotatable bonds is 10. The van der Waals surface area contributed by atoms with E-state index in [1.54, 1.807) is 18.2 Å². The number of benzene rings is 2. The van der Waals surface area contributed by atoms with E-state index in [4.69, 9.17) is 5.73 Å². The third-order valence-electron chi connectivity index (χ3n) is 4.27. The van der Waals surface area contributed by atoms with Crippen molar-refractivity contribution in [3.05, 3.63) is 60.2 Å². The zero-order chi connectivity index (χ0) is 19.9. The van der Waals surface area contributed by atoms with E-state index in [2.05, 4.69) is 5.32 Å². The molecular weight excluding hydrogens is 362 g/mol. The normalized spacial score (nSPS) is 13.2. The molecule has 0 aliphatic heterocycles. The van der Waals surface area contributed by atoms with Crippen LogP contribution in [0.4, 0.5) is 5.69 Å². The molecule has 6 nitrogen and oxygen atoms in total. The number of hydrogen-bond acceptors (Lipinski definition) is 6. The monoisotopic (exact) mass is 391 g/mol. The fourth-order valence-corrected chi connectivity index (χ4v) is 4.84. The zero-order valence-electron chi connectivity index (χ0n) is 15.9. The maximum atomic E-state index is 12.9. The Bertz CT molecular complexity index is 810. The summed E-state index contributed by atoms with van der Waals surface area (Å²) in [4.78, 5) is 0.224. The summed E-state index contributed by atoms with van der Waals surface area (Å²) < 4.78 is 25.8. The number of sulfone groups is 1. The molecule has 0 fully saturated rings. The summed E-state index contributed by atoms with van der Waals surface area (Å²) >= 11 is 0. The van der Waals surface area contributed by atoms with Gasteiger partial charge in [-0.2, -0.15) is 5.06 Å². The minimum Gasteiger partial charge on any atom is -0.399 e. The van der Waals surface area contributed by atoms with Crippen molar-refractivity contribution in [1.29, 1.82) is 0 Å². The molecule has 4 N–H and O–H groups in total. The van der Waals surface area contributed by atoms with Crippen molar-refractivity contribution >= 4 is 15.5 Å². The largest absolute Gasteiger partial charge is 0.399 e. The second-order valence-electron chi connectivity index (χ2n) is 6.96. The van der Waals surface area contributed by atoms with Crippen LogP contribution in [0, 0.1) is 5.92 Å². The van der Waals surface area contributed by atoms with E-state index >= 15 is 0 Å². The van der Waals surface area contributed by atoms with Crippen LogP contribution in [-0.4, -0.2) is 37.2 Å². The standard InChI is InChI=1S/C20H29N3O3S/c1-16(2)20(27(25,26)19-11-6-10-18(21)14-19)22-12-7-13-23(24)15-17-8-4-3-5-9-17/h3-6,8-11,14,16,20,22,24H,7,12-13,15,21H2,1-2H3. The molecule has 2 aromatic carbocycles. The predicted molar refractivity (Wildman–Crippen MR) is 108 cm³/mol. The van der Waals surface area contributed by atoms with Crippen LogP contribution in [-0.2, 0) is 16.4 Å². The molecule has 0 aliphatic carbocycles. The Morgan fingerprint density at radius 3 is 2.44 bits per heavy atom. The van der Waals surface area contributed by atoms with Gasteiger partial charge >= 0.3 is 0 Å². The topological polar surface area (TPSA) is 95.7 Å². The van der Waals surface area contributed by atoms with Gasteiger partial charge < -0.3 is 16.3 Å². The minimum atomic E-state index is -3.54. The van der Waals surface area contributed by atoms with E-state index in [0.29, 0.717) is 31.7 Å². The van der Waals surface area contributed by atoms with Crippen molar-refractivity contribution in [2.75, 3.05) is 18.8 Å². The molecule has 0 heterocycles. The average molecular weight is 392 g/mol. The second kappa shape index (κ2) is 9.85. The first-order valence-corrected chi connectivity index (χ1v) is 10.7. The molecule has 0 spiro atoms. The van der Waals surface area contributed by atoms with E-state index in [1.165, 1.54) is 11.1 Å². The molecule has 2 rings (SSSR count). The van der Waals surface area contributed by atoms with Gasteiger partial charge in [0.05, 0.1) is 4.90 Å². The highest BCUT2D eigenvalue weighted by atomic mass is 32.2. The molecule has 0 aliphatic rings. The molecule has 0 radical (unpaired) electrons. The van der Waals surface area contributed by atoms with E-state index in [9.17, 15) is 13.6 Å². The van der Waals surface area contributed by atoms with E-state index < -0.39 is 15.2 Å². The van der Waals surface area contributed by atoms with Gasteiger partial charge in [0.1, 0.15) is 5.37 Å². The number of nitrogens with two attached hydrogens (primary N) is 1. The van der Waals surface area contributed by atoms with Gasteiger partial charge in [0.25, 0.3) is 0 Å². The Kier molecular flexibility index (Phi) is 7.79. The minimum absolute atomic E-state index is 0.106. The van der Waals surface area contributed by atoms with Crippen LogP contribution in [0.15, 0.2) is 59.5 Å². The molecule has 0 bridgehead atoms. The van der Waals surface area contributed by atoms with Crippen LogP contribution >= 0.6 is 0 Å². The molecule has 1 unspecified atom stereocenters. The number of anilines is 1. The highest BCUT2D eigenvalue weighted by Crippen LogP contribution is 2.21. The summed E-state index contributed by atoms with van der Waals surface area (Å²) in [6.07, 6.45) is 0.624. The molecule has 0 saturated heterocycles. The molecule has 7 heteroatoms. The fraction of sp³-hybridized carbons (Fsp3) is 0.400. The molecule has 1 atom stereocenters. The number of hydrogen-bond donors (Lipinski definition) is 3. The molecule has 148 valence electrons. The lowest BCUT2D eigenvalue weighted by molar-refractivity contribution is -0.0996. The molecule has 0 saturated carbocycles. The van der Waals surface area contributed by atoms with Crippen molar-refractivity contribution in [3.63, 3.8) is 0 Å². The molecule has 0 amide bonds. The number of hydroxylamine groups is 2. The first kappa shape index (κ1) is 21.4. The van der Waals surface area contributed by atoms with Crippen molar-refractivity contribution in [2.45, 2.75) is 37.1 Å². The predicted octanol–water partition coefficient (Wildman–Crippen LogP) is 2.90. The highest BCUT2D eigenvalue weighted by Gasteiger charge is 2.29. The lowest BCUT2D eigenvalue weighted by Gasteiger charge is -2.23. The first-order chi connectivity index (χ1) is 12.8. The summed E-state index contributed by atoms with van der Waals surface area (Å²) in [7, 11) is -3.54. The van der Waals surface area contributed by atoms with E-state index in [-0.39, 0.29) is 10.8 Å². The van der Waals surface area contributed by atoms with Gasteiger partial charge in [-0.15, -0.1) is 0 Å². The third kappa shape index (κ3) is 6.32. The van der Waals surface area contributed by atoms with Crippen molar-refractivity contribution < 1.29 is 13.6 Å². The maximum absolute atomic E-state index is 12.9. The Morgan fingerprint density at radius 2 is 1.81 bits per heavy atom.